The first-order chi connectivity index (χ1) is 14.0. The van der Waals surface area contributed by atoms with Crippen molar-refractivity contribution in [3.63, 3.8) is 0 Å². The van der Waals surface area contributed by atoms with E-state index in [-0.39, 0.29) is 5.71 Å². The number of rotatable bonds is 4. The highest BCUT2D eigenvalue weighted by Gasteiger charge is 2.59. The number of methoxy groups -OCH3 is 2. The molecular weight excluding hydrogens is 442 g/mol. The number of anilines is 2. The van der Waals surface area contributed by atoms with Crippen LogP contribution in [0.3, 0.4) is 0 Å². The summed E-state index contributed by atoms with van der Waals surface area (Å²) in [6.07, 6.45) is 0. The van der Waals surface area contributed by atoms with E-state index >= 15 is 0 Å². The van der Waals surface area contributed by atoms with Gasteiger partial charge in [-0.3, -0.25) is 14.6 Å². The van der Waals surface area contributed by atoms with Gasteiger partial charge in [0.05, 0.1) is 25.6 Å². The molecule has 0 radical (unpaired) electrons. The summed E-state index contributed by atoms with van der Waals surface area (Å²) in [5.74, 6) is -2.12. The third kappa shape index (κ3) is 3.07. The van der Waals surface area contributed by atoms with Gasteiger partial charge in [0, 0.05) is 4.47 Å². The lowest BCUT2D eigenvalue weighted by Crippen LogP contribution is -2.39. The van der Waals surface area contributed by atoms with Crippen LogP contribution in [0.4, 0.5) is 11.4 Å². The van der Waals surface area contributed by atoms with E-state index in [1.54, 1.807) is 55.6 Å². The lowest BCUT2D eigenvalue weighted by atomic mass is 9.98. The molecule has 2 atom stereocenters. The fraction of sp³-hybridized carbons (Fsp3) is 0.200. The summed E-state index contributed by atoms with van der Waals surface area (Å²) in [4.78, 5) is 39.8. The Morgan fingerprint density at radius 1 is 0.966 bits per heavy atom. The second-order valence-electron chi connectivity index (χ2n) is 6.43. The van der Waals surface area contributed by atoms with Crippen molar-refractivity contribution in [2.24, 2.45) is 11.0 Å². The zero-order valence-corrected chi connectivity index (χ0v) is 17.1. The van der Waals surface area contributed by atoms with Crippen molar-refractivity contribution in [2.75, 3.05) is 24.1 Å². The van der Waals surface area contributed by atoms with Gasteiger partial charge in [-0.25, -0.2) is 9.69 Å². The predicted molar refractivity (Wildman–Crippen MR) is 109 cm³/mol. The van der Waals surface area contributed by atoms with Gasteiger partial charge < -0.3 is 9.47 Å². The number of ether oxygens (including phenoxy) is 2. The molecule has 1 saturated heterocycles. The molecule has 148 valence electrons. The summed E-state index contributed by atoms with van der Waals surface area (Å²) in [5, 5.41) is 5.67. The molecule has 2 aromatic rings. The molecule has 0 aliphatic carbocycles. The fourth-order valence-electron chi connectivity index (χ4n) is 3.48. The highest BCUT2D eigenvalue weighted by molar-refractivity contribution is 9.10. The number of hydrazone groups is 1. The molecule has 0 saturated carbocycles. The molecule has 1 fully saturated rings. The molecule has 2 aromatic carbocycles. The van der Waals surface area contributed by atoms with E-state index in [1.807, 2.05) is 0 Å². The number of benzene rings is 2. The number of carbonyl (C=O) groups excluding carboxylic acids is 3. The third-order valence-corrected chi connectivity index (χ3v) is 5.39. The quantitative estimate of drug-likeness (QED) is 0.517. The lowest BCUT2D eigenvalue weighted by molar-refractivity contribution is -0.133. The van der Waals surface area contributed by atoms with E-state index < -0.39 is 29.7 Å². The summed E-state index contributed by atoms with van der Waals surface area (Å²) in [6, 6.07) is 12.7. The van der Waals surface area contributed by atoms with Crippen LogP contribution >= 0.6 is 15.9 Å². The number of carbonyl (C=O) groups is 3. The van der Waals surface area contributed by atoms with Crippen molar-refractivity contribution in [3.8, 4) is 5.75 Å². The molecule has 9 heteroatoms. The Labute approximate surface area is 174 Å². The van der Waals surface area contributed by atoms with Gasteiger partial charge in [0.1, 0.15) is 17.7 Å². The molecule has 4 rings (SSSR count). The number of amides is 2. The molecule has 8 nitrogen and oxygen atoms in total. The number of fused-ring (bicyclic) bond motifs is 1. The highest BCUT2D eigenvalue weighted by Crippen LogP contribution is 2.38. The average Bonchev–Trinajstić information content (AvgIpc) is 3.25. The van der Waals surface area contributed by atoms with Crippen molar-refractivity contribution in [3.05, 3.63) is 53.0 Å². The van der Waals surface area contributed by atoms with Crippen LogP contribution in [0.15, 0.2) is 58.1 Å². The van der Waals surface area contributed by atoms with E-state index in [9.17, 15) is 14.4 Å². The minimum Gasteiger partial charge on any atom is -0.497 e. The van der Waals surface area contributed by atoms with Gasteiger partial charge >= 0.3 is 5.97 Å². The van der Waals surface area contributed by atoms with Crippen molar-refractivity contribution in [1.82, 2.24) is 0 Å². The van der Waals surface area contributed by atoms with E-state index in [0.29, 0.717) is 17.1 Å². The maximum absolute atomic E-state index is 13.2. The van der Waals surface area contributed by atoms with Crippen molar-refractivity contribution in [1.29, 1.82) is 0 Å². The second-order valence-corrected chi connectivity index (χ2v) is 7.35. The first-order valence-electron chi connectivity index (χ1n) is 8.69. The predicted octanol–water partition coefficient (Wildman–Crippen LogP) is 2.36. The minimum absolute atomic E-state index is 0.0914. The molecule has 0 bridgehead atoms. The highest BCUT2D eigenvalue weighted by atomic mass is 79.9. The number of esters is 1. The minimum atomic E-state index is -1.04. The van der Waals surface area contributed by atoms with Crippen molar-refractivity contribution < 1.29 is 23.9 Å². The number of hydrogen-bond acceptors (Lipinski definition) is 7. The van der Waals surface area contributed by atoms with E-state index in [1.165, 1.54) is 12.1 Å². The molecule has 0 aromatic heterocycles. The molecule has 2 aliphatic heterocycles. The van der Waals surface area contributed by atoms with Crippen LogP contribution in [0.5, 0.6) is 5.75 Å². The van der Waals surface area contributed by atoms with Gasteiger partial charge in [0.25, 0.3) is 5.91 Å². The Morgan fingerprint density at radius 2 is 1.59 bits per heavy atom. The van der Waals surface area contributed by atoms with E-state index in [2.05, 4.69) is 21.0 Å². The molecular formula is C20H16BrN3O5. The zero-order valence-electron chi connectivity index (χ0n) is 15.5. The SMILES string of the molecule is COC(=O)C1=NN(c2ccc(OC)cc2)[C@@H]2C(=O)N(c3ccc(Br)cc3)C(=O)[C@H]12. The molecule has 0 spiro atoms. The topological polar surface area (TPSA) is 88.5 Å². The van der Waals surface area contributed by atoms with Crippen molar-refractivity contribution in [2.45, 2.75) is 6.04 Å². The standard InChI is InChI=1S/C20H16BrN3O5/c1-28-14-9-7-13(8-10-14)24-17-15(16(22-24)20(27)29-2)18(25)23(19(17)26)12-5-3-11(21)4-6-12/h3-10,15,17H,1-2H3/t15-,17+/m1/s1. The molecule has 29 heavy (non-hydrogen) atoms. The normalized spacial score (nSPS) is 20.6. The number of nitrogens with zero attached hydrogens (tertiary/aromatic N) is 3. The third-order valence-electron chi connectivity index (χ3n) is 4.87. The Morgan fingerprint density at radius 3 is 2.17 bits per heavy atom. The van der Waals surface area contributed by atoms with E-state index in [4.69, 9.17) is 9.47 Å². The molecule has 2 aliphatic rings. The van der Waals surface area contributed by atoms with E-state index in [0.717, 1.165) is 9.37 Å². The molecule has 2 amide bonds. The largest absolute Gasteiger partial charge is 0.497 e. The Balaban J connectivity index is 1.77. The van der Waals surface area contributed by atoms with Crippen LogP contribution in [0.25, 0.3) is 0 Å². The monoisotopic (exact) mass is 457 g/mol. The lowest BCUT2D eigenvalue weighted by Gasteiger charge is -2.22. The second kappa shape index (κ2) is 7.32. The number of hydrogen-bond donors (Lipinski definition) is 0. The summed E-state index contributed by atoms with van der Waals surface area (Å²) < 4.78 is 10.8. The van der Waals surface area contributed by atoms with Crippen LogP contribution in [-0.4, -0.2) is 43.8 Å². The Bertz CT molecular complexity index is 1020. The smallest absolute Gasteiger partial charge is 0.355 e. The summed E-state index contributed by atoms with van der Waals surface area (Å²) in [6.45, 7) is 0. The van der Waals surface area contributed by atoms with Gasteiger partial charge in [-0.2, -0.15) is 5.10 Å². The number of halogens is 1. The van der Waals surface area contributed by atoms with Crippen LogP contribution in [-0.2, 0) is 19.1 Å². The van der Waals surface area contributed by atoms with Crippen LogP contribution < -0.4 is 14.6 Å². The summed E-state index contributed by atoms with van der Waals surface area (Å²) >= 11 is 3.34. The molecule has 0 N–H and O–H groups in total. The maximum atomic E-state index is 13.2. The maximum Gasteiger partial charge on any atom is 0.355 e. The molecule has 0 unspecified atom stereocenters. The van der Waals surface area contributed by atoms with Gasteiger partial charge in [0.15, 0.2) is 5.71 Å². The Kier molecular flexibility index (Phi) is 4.83. The fourth-order valence-corrected chi connectivity index (χ4v) is 3.74. The summed E-state index contributed by atoms with van der Waals surface area (Å²) in [7, 11) is 2.76. The first kappa shape index (κ1) is 19.1. The van der Waals surface area contributed by atoms with Crippen LogP contribution in [0, 0.1) is 5.92 Å². The van der Waals surface area contributed by atoms with Crippen LogP contribution in [0.2, 0.25) is 0 Å². The first-order valence-corrected chi connectivity index (χ1v) is 9.49. The average molecular weight is 458 g/mol. The van der Waals surface area contributed by atoms with Gasteiger partial charge in [-0.1, -0.05) is 15.9 Å². The molecule has 2 heterocycles. The van der Waals surface area contributed by atoms with Crippen molar-refractivity contribution >= 4 is 50.8 Å². The Hall–Kier alpha value is -3.20. The summed E-state index contributed by atoms with van der Waals surface area (Å²) in [5.41, 5.74) is 0.890. The number of imide groups is 1. The van der Waals surface area contributed by atoms with Gasteiger partial charge in [0.2, 0.25) is 5.91 Å². The zero-order chi connectivity index (χ0) is 20.7. The van der Waals surface area contributed by atoms with Gasteiger partial charge in [-0.05, 0) is 48.5 Å². The van der Waals surface area contributed by atoms with Gasteiger partial charge in [-0.15, -0.1) is 0 Å². The van der Waals surface area contributed by atoms with Crippen LogP contribution in [0.1, 0.15) is 0 Å².